The van der Waals surface area contributed by atoms with Gasteiger partial charge in [0, 0.05) is 36.5 Å². The molecule has 1 aromatic heterocycles. The summed E-state index contributed by atoms with van der Waals surface area (Å²) in [6.45, 7) is 9.47. The van der Waals surface area contributed by atoms with Gasteiger partial charge in [-0.2, -0.15) is 0 Å². The summed E-state index contributed by atoms with van der Waals surface area (Å²) in [4.78, 5) is 5.89. The zero-order valence-corrected chi connectivity index (χ0v) is 13.8. The molecule has 0 amide bonds. The van der Waals surface area contributed by atoms with Crippen molar-refractivity contribution >= 4 is 11.3 Å². The number of hydrogen-bond acceptors (Lipinski definition) is 4. The third-order valence-corrected chi connectivity index (χ3v) is 5.46. The van der Waals surface area contributed by atoms with Crippen LogP contribution in [0.25, 0.3) is 0 Å². The van der Waals surface area contributed by atoms with Crippen molar-refractivity contribution in [1.82, 2.24) is 15.6 Å². The molecule has 0 fully saturated rings. The molecule has 0 aliphatic carbocycles. The lowest BCUT2D eigenvalue weighted by molar-refractivity contribution is 0.474. The molecule has 2 atom stereocenters. The number of aromatic nitrogens is 1. The van der Waals surface area contributed by atoms with E-state index in [1.165, 1.54) is 21.7 Å². The molecular formula is C17H23N3S. The first-order valence-electron chi connectivity index (χ1n) is 7.61. The van der Waals surface area contributed by atoms with Crippen molar-refractivity contribution in [2.24, 2.45) is 0 Å². The Morgan fingerprint density at radius 1 is 1.38 bits per heavy atom. The Hall–Kier alpha value is -1.23. The highest BCUT2D eigenvalue weighted by Crippen LogP contribution is 2.27. The van der Waals surface area contributed by atoms with Gasteiger partial charge in [0.25, 0.3) is 0 Å². The average molecular weight is 301 g/mol. The van der Waals surface area contributed by atoms with Crippen LogP contribution in [0.2, 0.25) is 0 Å². The smallest absolute Gasteiger partial charge is 0.0900 e. The van der Waals surface area contributed by atoms with Gasteiger partial charge in [-0.1, -0.05) is 24.3 Å². The number of aryl methyl sites for hydroxylation is 2. The van der Waals surface area contributed by atoms with Crippen molar-refractivity contribution < 1.29 is 0 Å². The van der Waals surface area contributed by atoms with E-state index >= 15 is 0 Å². The molecule has 3 rings (SSSR count). The fourth-order valence-corrected chi connectivity index (χ4v) is 4.08. The van der Waals surface area contributed by atoms with E-state index < -0.39 is 0 Å². The molecule has 1 aromatic carbocycles. The molecule has 0 saturated carbocycles. The molecule has 0 spiro atoms. The summed E-state index contributed by atoms with van der Waals surface area (Å²) in [5.74, 6) is 0.548. The SMILES string of the molecule is Cc1nc(C)c(C(C)NCC2CNCc3ccccc32)s1. The standard InChI is InChI=1S/C17H23N3S/c1-11(17-12(2)20-13(3)21-17)19-10-15-9-18-8-14-6-4-5-7-16(14)15/h4-7,11,15,18-19H,8-10H2,1-3H3. The van der Waals surface area contributed by atoms with Crippen molar-refractivity contribution in [2.45, 2.75) is 39.3 Å². The van der Waals surface area contributed by atoms with Crippen LogP contribution >= 0.6 is 11.3 Å². The van der Waals surface area contributed by atoms with Crippen molar-refractivity contribution in [3.05, 3.63) is 51.0 Å². The van der Waals surface area contributed by atoms with Gasteiger partial charge in [0.05, 0.1) is 10.7 Å². The van der Waals surface area contributed by atoms with Crippen molar-refractivity contribution in [1.29, 1.82) is 0 Å². The van der Waals surface area contributed by atoms with E-state index in [1.807, 2.05) is 0 Å². The Kier molecular flexibility index (Phi) is 4.38. The maximum absolute atomic E-state index is 4.53. The third-order valence-electron chi connectivity index (χ3n) is 4.20. The van der Waals surface area contributed by atoms with Crippen LogP contribution in [-0.4, -0.2) is 18.1 Å². The Morgan fingerprint density at radius 3 is 2.95 bits per heavy atom. The molecule has 21 heavy (non-hydrogen) atoms. The lowest BCUT2D eigenvalue weighted by atomic mass is 9.90. The van der Waals surface area contributed by atoms with Gasteiger partial charge in [-0.15, -0.1) is 11.3 Å². The number of rotatable bonds is 4. The van der Waals surface area contributed by atoms with Gasteiger partial charge in [-0.05, 0) is 31.9 Å². The van der Waals surface area contributed by atoms with Gasteiger partial charge in [0.1, 0.15) is 0 Å². The lowest BCUT2D eigenvalue weighted by Gasteiger charge is -2.27. The molecule has 0 saturated heterocycles. The third kappa shape index (κ3) is 3.18. The van der Waals surface area contributed by atoms with E-state index in [0.717, 1.165) is 24.6 Å². The van der Waals surface area contributed by atoms with Crippen molar-refractivity contribution in [3.63, 3.8) is 0 Å². The largest absolute Gasteiger partial charge is 0.312 e. The zero-order chi connectivity index (χ0) is 14.8. The van der Waals surface area contributed by atoms with Crippen molar-refractivity contribution in [2.75, 3.05) is 13.1 Å². The highest BCUT2D eigenvalue weighted by Gasteiger charge is 2.20. The van der Waals surface area contributed by atoms with Crippen molar-refractivity contribution in [3.8, 4) is 0 Å². The minimum Gasteiger partial charge on any atom is -0.312 e. The van der Waals surface area contributed by atoms with Gasteiger partial charge < -0.3 is 10.6 Å². The number of nitrogens with one attached hydrogen (secondary N) is 2. The highest BCUT2D eigenvalue weighted by atomic mass is 32.1. The van der Waals surface area contributed by atoms with Crippen LogP contribution in [0.4, 0.5) is 0 Å². The fourth-order valence-electron chi connectivity index (χ4n) is 3.13. The van der Waals surface area contributed by atoms with E-state index in [9.17, 15) is 0 Å². The predicted molar refractivity (Wildman–Crippen MR) is 88.9 cm³/mol. The number of fused-ring (bicyclic) bond motifs is 1. The molecule has 1 aliphatic heterocycles. The van der Waals surface area contributed by atoms with Crippen LogP contribution < -0.4 is 10.6 Å². The predicted octanol–water partition coefficient (Wildman–Crippen LogP) is 3.30. The van der Waals surface area contributed by atoms with Crippen LogP contribution in [0.3, 0.4) is 0 Å². The fraction of sp³-hybridized carbons (Fsp3) is 0.471. The van der Waals surface area contributed by atoms with E-state index in [4.69, 9.17) is 0 Å². The van der Waals surface area contributed by atoms with E-state index in [2.05, 4.69) is 60.7 Å². The van der Waals surface area contributed by atoms with Gasteiger partial charge in [-0.3, -0.25) is 0 Å². The van der Waals surface area contributed by atoms with E-state index in [1.54, 1.807) is 11.3 Å². The Morgan fingerprint density at radius 2 is 2.19 bits per heavy atom. The Bertz CT molecular complexity index is 620. The maximum atomic E-state index is 4.53. The molecule has 3 nitrogen and oxygen atoms in total. The molecule has 2 heterocycles. The topological polar surface area (TPSA) is 37.0 Å². The van der Waals surface area contributed by atoms with Crippen LogP contribution in [0.1, 0.15) is 45.6 Å². The second-order valence-electron chi connectivity index (χ2n) is 5.84. The van der Waals surface area contributed by atoms with Gasteiger partial charge in [0.15, 0.2) is 0 Å². The summed E-state index contributed by atoms with van der Waals surface area (Å²) in [6.07, 6.45) is 0. The molecule has 2 N–H and O–H groups in total. The van der Waals surface area contributed by atoms with E-state index in [0.29, 0.717) is 12.0 Å². The Balaban J connectivity index is 1.67. The molecule has 4 heteroatoms. The average Bonchev–Trinajstić information content (AvgIpc) is 2.83. The van der Waals surface area contributed by atoms with Crippen LogP contribution in [0.5, 0.6) is 0 Å². The molecular weight excluding hydrogens is 278 g/mol. The molecule has 112 valence electrons. The number of nitrogens with zero attached hydrogens (tertiary/aromatic N) is 1. The molecule has 1 aliphatic rings. The molecule has 0 bridgehead atoms. The number of benzene rings is 1. The first kappa shape index (κ1) is 14.7. The zero-order valence-electron chi connectivity index (χ0n) is 12.9. The summed E-state index contributed by atoms with van der Waals surface area (Å²) < 4.78 is 0. The number of hydrogen-bond donors (Lipinski definition) is 2. The van der Waals surface area contributed by atoms with Gasteiger partial charge >= 0.3 is 0 Å². The van der Waals surface area contributed by atoms with Crippen LogP contribution in [0, 0.1) is 13.8 Å². The lowest BCUT2D eigenvalue weighted by Crippen LogP contribution is -2.35. The summed E-state index contributed by atoms with van der Waals surface area (Å²) in [5, 5.41) is 8.37. The minimum atomic E-state index is 0.366. The summed E-state index contributed by atoms with van der Waals surface area (Å²) >= 11 is 1.81. The summed E-state index contributed by atoms with van der Waals surface area (Å²) in [7, 11) is 0. The van der Waals surface area contributed by atoms with Crippen LogP contribution in [-0.2, 0) is 6.54 Å². The first-order chi connectivity index (χ1) is 10.1. The highest BCUT2D eigenvalue weighted by molar-refractivity contribution is 7.11. The number of thiazole rings is 1. The monoisotopic (exact) mass is 301 g/mol. The van der Waals surface area contributed by atoms with E-state index in [-0.39, 0.29) is 0 Å². The molecule has 2 aromatic rings. The first-order valence-corrected chi connectivity index (χ1v) is 8.42. The summed E-state index contributed by atoms with van der Waals surface area (Å²) in [6, 6.07) is 9.15. The molecule has 2 unspecified atom stereocenters. The van der Waals surface area contributed by atoms with Gasteiger partial charge in [0.2, 0.25) is 0 Å². The minimum absolute atomic E-state index is 0.366. The maximum Gasteiger partial charge on any atom is 0.0900 e. The van der Waals surface area contributed by atoms with Crippen LogP contribution in [0.15, 0.2) is 24.3 Å². The Labute approximate surface area is 130 Å². The molecule has 0 radical (unpaired) electrons. The normalized spacial score (nSPS) is 19.3. The second-order valence-corrected chi connectivity index (χ2v) is 7.07. The quantitative estimate of drug-likeness (QED) is 0.910. The van der Waals surface area contributed by atoms with Gasteiger partial charge in [-0.25, -0.2) is 4.98 Å². The summed E-state index contributed by atoms with van der Waals surface area (Å²) in [5.41, 5.74) is 4.10. The second kappa shape index (κ2) is 6.26.